The van der Waals surface area contributed by atoms with Crippen molar-refractivity contribution in [3.63, 3.8) is 0 Å². The number of hydrogen-bond acceptors (Lipinski definition) is 7. The number of aliphatic hydroxyl groups is 1. The number of carboxylic acids is 1. The summed E-state index contributed by atoms with van der Waals surface area (Å²) in [6.07, 6.45) is 1.28. The first-order valence-electron chi connectivity index (χ1n) is 7.91. The number of carbonyl (C=O) groups excluding carboxylic acids is 3. The van der Waals surface area contributed by atoms with Gasteiger partial charge in [-0.3, -0.25) is 14.4 Å². The normalized spacial score (nSPS) is 14.2. The van der Waals surface area contributed by atoms with Crippen LogP contribution in [-0.2, 0) is 19.2 Å². The Balaban J connectivity index is 4.84. The van der Waals surface area contributed by atoms with Crippen molar-refractivity contribution in [2.24, 2.45) is 17.2 Å². The van der Waals surface area contributed by atoms with Gasteiger partial charge in [-0.2, -0.15) is 0 Å². The van der Waals surface area contributed by atoms with Crippen LogP contribution in [0.2, 0.25) is 0 Å². The zero-order valence-corrected chi connectivity index (χ0v) is 13.9. The molecule has 0 fully saturated rings. The van der Waals surface area contributed by atoms with Gasteiger partial charge in [0.05, 0.1) is 12.6 Å². The van der Waals surface area contributed by atoms with E-state index in [1.54, 1.807) is 0 Å². The number of amides is 3. The molecule has 0 aliphatic carbocycles. The van der Waals surface area contributed by atoms with Crippen molar-refractivity contribution < 1.29 is 29.4 Å². The second kappa shape index (κ2) is 12.2. The summed E-state index contributed by atoms with van der Waals surface area (Å²) in [7, 11) is 0. The van der Waals surface area contributed by atoms with E-state index >= 15 is 0 Å². The maximum absolute atomic E-state index is 12.2. The Morgan fingerprint density at radius 2 is 1.56 bits per heavy atom. The zero-order chi connectivity index (χ0) is 19.4. The molecule has 0 aromatic rings. The van der Waals surface area contributed by atoms with Crippen LogP contribution in [0.3, 0.4) is 0 Å². The minimum Gasteiger partial charge on any atom is -0.480 e. The second-order valence-electron chi connectivity index (χ2n) is 5.54. The van der Waals surface area contributed by atoms with E-state index in [-0.39, 0.29) is 19.3 Å². The first-order chi connectivity index (χ1) is 11.7. The summed E-state index contributed by atoms with van der Waals surface area (Å²) in [6.45, 7) is -0.391. The van der Waals surface area contributed by atoms with Crippen LogP contribution in [0.25, 0.3) is 0 Å². The van der Waals surface area contributed by atoms with Gasteiger partial charge in [-0.15, -0.1) is 0 Å². The fraction of sp³-hybridized carbons (Fsp3) is 0.714. The highest BCUT2D eigenvalue weighted by molar-refractivity contribution is 5.91. The van der Waals surface area contributed by atoms with Crippen LogP contribution in [0, 0.1) is 0 Å². The van der Waals surface area contributed by atoms with Gasteiger partial charge in [-0.1, -0.05) is 0 Å². The van der Waals surface area contributed by atoms with E-state index < -0.39 is 48.4 Å². The lowest BCUT2D eigenvalue weighted by Crippen LogP contribution is -2.55. The van der Waals surface area contributed by atoms with Crippen LogP contribution < -0.4 is 27.8 Å². The number of rotatable bonds is 13. The van der Waals surface area contributed by atoms with E-state index in [9.17, 15) is 19.2 Å². The number of nitrogens with two attached hydrogens (primary N) is 3. The average Bonchev–Trinajstić information content (AvgIpc) is 2.55. The van der Waals surface area contributed by atoms with Crippen molar-refractivity contribution in [2.45, 2.75) is 50.2 Å². The third-order valence-electron chi connectivity index (χ3n) is 3.42. The van der Waals surface area contributed by atoms with Crippen molar-refractivity contribution >= 4 is 23.7 Å². The van der Waals surface area contributed by atoms with Crippen LogP contribution in [0.5, 0.6) is 0 Å². The maximum atomic E-state index is 12.2. The highest BCUT2D eigenvalue weighted by atomic mass is 16.4. The topological polar surface area (TPSA) is 211 Å². The van der Waals surface area contributed by atoms with Gasteiger partial charge in [0.15, 0.2) is 0 Å². The summed E-state index contributed by atoms with van der Waals surface area (Å²) in [5, 5.41) is 22.4. The summed E-state index contributed by atoms with van der Waals surface area (Å²) in [5.41, 5.74) is 16.0. The highest BCUT2D eigenvalue weighted by Gasteiger charge is 2.27. The monoisotopic (exact) mass is 361 g/mol. The molecular formula is C14H27N5O6. The van der Waals surface area contributed by atoms with Gasteiger partial charge >= 0.3 is 5.97 Å². The Bertz CT molecular complexity index is 473. The summed E-state index contributed by atoms with van der Waals surface area (Å²) in [6, 6.07) is -3.55. The fourth-order valence-electron chi connectivity index (χ4n) is 1.93. The number of hydrogen-bond donors (Lipinski definition) is 7. The molecule has 0 aromatic carbocycles. The van der Waals surface area contributed by atoms with E-state index in [0.717, 1.165) is 0 Å². The van der Waals surface area contributed by atoms with Crippen LogP contribution in [0.1, 0.15) is 32.1 Å². The van der Waals surface area contributed by atoms with Gasteiger partial charge < -0.3 is 38.0 Å². The summed E-state index contributed by atoms with van der Waals surface area (Å²) in [5.74, 6) is -3.42. The van der Waals surface area contributed by atoms with Gasteiger partial charge in [0.1, 0.15) is 12.1 Å². The smallest absolute Gasteiger partial charge is 0.328 e. The molecule has 10 N–H and O–H groups in total. The molecule has 3 unspecified atom stereocenters. The van der Waals surface area contributed by atoms with Crippen LogP contribution in [0.4, 0.5) is 0 Å². The van der Waals surface area contributed by atoms with Gasteiger partial charge in [-0.05, 0) is 32.2 Å². The van der Waals surface area contributed by atoms with Gasteiger partial charge in [-0.25, -0.2) is 4.79 Å². The largest absolute Gasteiger partial charge is 0.480 e. The number of nitrogens with one attached hydrogen (secondary N) is 2. The molecule has 11 nitrogen and oxygen atoms in total. The molecule has 0 spiro atoms. The van der Waals surface area contributed by atoms with Crippen LogP contribution in [-0.4, -0.2) is 65.2 Å². The molecule has 0 radical (unpaired) electrons. The lowest BCUT2D eigenvalue weighted by Gasteiger charge is -2.22. The second-order valence-corrected chi connectivity index (χ2v) is 5.54. The molecule has 0 saturated heterocycles. The van der Waals surface area contributed by atoms with Crippen molar-refractivity contribution in [1.82, 2.24) is 10.6 Å². The third kappa shape index (κ3) is 9.59. The molecule has 0 bridgehead atoms. The van der Waals surface area contributed by atoms with Crippen molar-refractivity contribution in [3.8, 4) is 0 Å². The van der Waals surface area contributed by atoms with E-state index in [0.29, 0.717) is 19.4 Å². The minimum atomic E-state index is -1.48. The molecular weight excluding hydrogens is 334 g/mol. The first-order valence-corrected chi connectivity index (χ1v) is 7.91. The molecule has 0 heterocycles. The van der Waals surface area contributed by atoms with E-state index in [4.69, 9.17) is 27.4 Å². The van der Waals surface area contributed by atoms with Crippen LogP contribution in [0.15, 0.2) is 0 Å². The van der Waals surface area contributed by atoms with Gasteiger partial charge in [0.2, 0.25) is 17.7 Å². The quantitative estimate of drug-likeness (QED) is 0.165. The zero-order valence-electron chi connectivity index (χ0n) is 13.9. The lowest BCUT2D eigenvalue weighted by atomic mass is 10.1. The van der Waals surface area contributed by atoms with Gasteiger partial charge in [0.25, 0.3) is 0 Å². The van der Waals surface area contributed by atoms with E-state index in [1.807, 2.05) is 0 Å². The van der Waals surface area contributed by atoms with Crippen molar-refractivity contribution in [3.05, 3.63) is 0 Å². The number of carboxylic acid groups (broad SMARTS) is 1. The Morgan fingerprint density at radius 3 is 2.04 bits per heavy atom. The molecule has 3 atom stereocenters. The Hall–Kier alpha value is -2.24. The van der Waals surface area contributed by atoms with Crippen molar-refractivity contribution in [2.75, 3.05) is 13.2 Å². The van der Waals surface area contributed by atoms with E-state index in [2.05, 4.69) is 10.6 Å². The first kappa shape index (κ1) is 22.8. The molecule has 0 rings (SSSR count). The molecule has 11 heteroatoms. The molecule has 25 heavy (non-hydrogen) atoms. The molecule has 0 aliphatic heterocycles. The van der Waals surface area contributed by atoms with E-state index in [1.165, 1.54) is 0 Å². The van der Waals surface area contributed by atoms with Gasteiger partial charge in [0, 0.05) is 6.42 Å². The number of aliphatic carboxylic acids is 1. The SMILES string of the molecule is NCCCCC(NC(=O)C(N)CCC(N)=O)C(=O)NC(CO)C(=O)O. The summed E-state index contributed by atoms with van der Waals surface area (Å²) >= 11 is 0. The molecule has 144 valence electrons. The maximum Gasteiger partial charge on any atom is 0.328 e. The van der Waals surface area contributed by atoms with Crippen molar-refractivity contribution in [1.29, 1.82) is 0 Å². The average molecular weight is 361 g/mol. The Labute approximate surface area is 145 Å². The standard InChI is InChI=1S/C14H27N5O6/c15-6-2-1-3-9(13(23)19-10(7-20)14(24)25)18-12(22)8(16)4-5-11(17)21/h8-10,20H,1-7,15-16H2,(H2,17,21)(H,18,22)(H,19,23)(H,24,25). The minimum absolute atomic E-state index is 0.0205. The molecule has 0 saturated carbocycles. The Morgan fingerprint density at radius 1 is 0.960 bits per heavy atom. The van der Waals surface area contributed by atoms with Crippen LogP contribution >= 0.6 is 0 Å². The predicted octanol–water partition coefficient (Wildman–Crippen LogP) is -3.25. The molecule has 0 aliphatic rings. The summed E-state index contributed by atoms with van der Waals surface area (Å²) in [4.78, 5) is 45.8. The predicted molar refractivity (Wildman–Crippen MR) is 87.9 cm³/mol. The Kier molecular flexibility index (Phi) is 11.1. The number of aliphatic hydroxyl groups excluding tert-OH is 1. The highest BCUT2D eigenvalue weighted by Crippen LogP contribution is 2.03. The molecule has 0 aromatic heterocycles. The number of carbonyl (C=O) groups is 4. The third-order valence-corrected chi connectivity index (χ3v) is 3.42. The number of primary amides is 1. The summed E-state index contributed by atoms with van der Waals surface area (Å²) < 4.78 is 0. The number of unbranched alkanes of at least 4 members (excludes halogenated alkanes) is 1. The lowest BCUT2D eigenvalue weighted by molar-refractivity contribution is -0.143. The fourth-order valence-corrected chi connectivity index (χ4v) is 1.93. The molecule has 3 amide bonds.